The molecule has 33 heavy (non-hydrogen) atoms. The van der Waals surface area contributed by atoms with Crippen molar-refractivity contribution in [3.05, 3.63) is 28.5 Å². The molecule has 2 saturated carbocycles. The highest BCUT2D eigenvalue weighted by Gasteiger charge is 2.40. The summed E-state index contributed by atoms with van der Waals surface area (Å²) in [7, 11) is 0. The lowest BCUT2D eigenvalue weighted by atomic mass is 10.1. The van der Waals surface area contributed by atoms with Crippen LogP contribution in [0.1, 0.15) is 42.9 Å². The van der Waals surface area contributed by atoms with Gasteiger partial charge in [-0.3, -0.25) is 4.98 Å². The van der Waals surface area contributed by atoms with Gasteiger partial charge < -0.3 is 20.3 Å². The lowest BCUT2D eigenvalue weighted by Crippen LogP contribution is -2.34. The quantitative estimate of drug-likeness (QED) is 0.526. The topological polar surface area (TPSA) is 109 Å². The fourth-order valence-corrected chi connectivity index (χ4v) is 3.73. The minimum atomic E-state index is -5.08. The summed E-state index contributed by atoms with van der Waals surface area (Å²) in [6.45, 7) is 1.75. The molecule has 14 heteroatoms. The highest BCUT2D eigenvalue weighted by Crippen LogP contribution is 2.43. The third-order valence-corrected chi connectivity index (χ3v) is 5.50. The van der Waals surface area contributed by atoms with Crippen LogP contribution < -0.4 is 5.32 Å². The van der Waals surface area contributed by atoms with E-state index in [1.165, 1.54) is 24.8 Å². The van der Waals surface area contributed by atoms with Gasteiger partial charge in [0, 0.05) is 18.8 Å². The standard InChI is InChI=1S/C15H19ClN2O.2C2HF3O2/c16-14-7-18-12(4-13(14)9-1-2-9)8-19-15-5-11-3-10(15)6-17-11;2*3-2(4,5)1(6)7/h4,7,9-11,15,17H,1-3,5-6,8H2;2*(H,6,7)/t10-,11-,15+;;/m1../s1. The number of carboxylic acid groups (broad SMARTS) is 2. The number of aromatic nitrogens is 1. The first kappa shape index (κ1) is 27.1. The zero-order chi connectivity index (χ0) is 25.0. The minimum absolute atomic E-state index is 0.424. The number of nitrogens with zero attached hydrogens (tertiary/aromatic N) is 1. The molecule has 0 amide bonds. The van der Waals surface area contributed by atoms with Crippen LogP contribution in [0.4, 0.5) is 26.3 Å². The Morgan fingerprint density at radius 2 is 1.64 bits per heavy atom. The molecule has 1 saturated heterocycles. The summed E-state index contributed by atoms with van der Waals surface area (Å²) in [6.07, 6.45) is -2.98. The molecule has 3 atom stereocenters. The third kappa shape index (κ3) is 8.63. The molecular weight excluding hydrogens is 486 g/mol. The molecular formula is C19H21ClF6N2O5. The van der Waals surface area contributed by atoms with E-state index >= 15 is 0 Å². The van der Waals surface area contributed by atoms with Crippen molar-refractivity contribution in [3.63, 3.8) is 0 Å². The minimum Gasteiger partial charge on any atom is -0.475 e. The number of hydrogen-bond donors (Lipinski definition) is 3. The molecule has 3 fully saturated rings. The second kappa shape index (κ2) is 10.9. The predicted octanol–water partition coefficient (Wildman–Crippen LogP) is 4.15. The van der Waals surface area contributed by atoms with Crippen LogP contribution in [0.3, 0.4) is 0 Å². The molecule has 4 rings (SSSR count). The Bertz CT molecular complexity index is 823. The fraction of sp³-hybridized carbons (Fsp3) is 0.632. The van der Waals surface area contributed by atoms with Gasteiger partial charge in [0.2, 0.25) is 0 Å². The van der Waals surface area contributed by atoms with Gasteiger partial charge in [-0.05, 0) is 49.1 Å². The van der Waals surface area contributed by atoms with Gasteiger partial charge in [0.25, 0.3) is 0 Å². The molecule has 3 aliphatic rings. The van der Waals surface area contributed by atoms with Gasteiger partial charge in [0.15, 0.2) is 0 Å². The van der Waals surface area contributed by atoms with E-state index in [4.69, 9.17) is 36.1 Å². The van der Waals surface area contributed by atoms with Crippen molar-refractivity contribution in [2.75, 3.05) is 6.54 Å². The number of nitrogens with one attached hydrogen (secondary N) is 1. The molecule has 1 aromatic rings. The Hall–Kier alpha value is -2.12. The van der Waals surface area contributed by atoms with Crippen molar-refractivity contribution in [3.8, 4) is 0 Å². The van der Waals surface area contributed by atoms with E-state index < -0.39 is 24.3 Å². The number of aliphatic carboxylic acids is 2. The first-order valence-electron chi connectivity index (χ1n) is 9.78. The van der Waals surface area contributed by atoms with Crippen LogP contribution in [0.15, 0.2) is 12.3 Å². The maximum absolute atomic E-state index is 10.6. The second-order valence-electron chi connectivity index (χ2n) is 7.76. The number of alkyl halides is 6. The summed E-state index contributed by atoms with van der Waals surface area (Å²) in [4.78, 5) is 22.2. The van der Waals surface area contributed by atoms with Crippen LogP contribution in [-0.4, -0.2) is 58.2 Å². The van der Waals surface area contributed by atoms with Gasteiger partial charge >= 0.3 is 24.3 Å². The number of halogens is 7. The number of pyridine rings is 1. The van der Waals surface area contributed by atoms with Gasteiger partial charge in [0.1, 0.15) is 0 Å². The van der Waals surface area contributed by atoms with Crippen LogP contribution in [0.5, 0.6) is 0 Å². The van der Waals surface area contributed by atoms with Crippen LogP contribution in [0.25, 0.3) is 0 Å². The summed E-state index contributed by atoms with van der Waals surface area (Å²) >= 11 is 6.20. The lowest BCUT2D eigenvalue weighted by Gasteiger charge is -2.22. The Balaban J connectivity index is 0.000000230. The van der Waals surface area contributed by atoms with Gasteiger partial charge in [-0.2, -0.15) is 26.3 Å². The van der Waals surface area contributed by atoms with Crippen LogP contribution in [0.2, 0.25) is 5.02 Å². The van der Waals surface area contributed by atoms with Gasteiger partial charge in [-0.25, -0.2) is 9.59 Å². The number of carbonyl (C=O) groups is 2. The van der Waals surface area contributed by atoms with Gasteiger partial charge in [-0.1, -0.05) is 11.6 Å². The number of piperidine rings is 1. The van der Waals surface area contributed by atoms with Gasteiger partial charge in [0.05, 0.1) is 23.4 Å². The van der Waals surface area contributed by atoms with E-state index in [1.54, 1.807) is 6.20 Å². The van der Waals surface area contributed by atoms with Crippen molar-refractivity contribution in [2.45, 2.75) is 62.7 Å². The summed E-state index contributed by atoms with van der Waals surface area (Å²) < 4.78 is 69.5. The molecule has 0 radical (unpaired) electrons. The molecule has 0 aromatic carbocycles. The molecule has 186 valence electrons. The molecule has 0 spiro atoms. The van der Waals surface area contributed by atoms with Crippen LogP contribution in [0, 0.1) is 5.92 Å². The molecule has 2 bridgehead atoms. The Morgan fingerprint density at radius 1 is 1.09 bits per heavy atom. The first-order valence-corrected chi connectivity index (χ1v) is 10.2. The molecule has 2 aliphatic carbocycles. The van der Waals surface area contributed by atoms with Crippen LogP contribution in [-0.2, 0) is 20.9 Å². The molecule has 2 heterocycles. The van der Waals surface area contributed by atoms with E-state index in [0.717, 1.165) is 23.7 Å². The summed E-state index contributed by atoms with van der Waals surface area (Å²) in [5.74, 6) is -4.14. The number of ether oxygens (including phenoxy) is 1. The number of hydrogen-bond acceptors (Lipinski definition) is 5. The van der Waals surface area contributed by atoms with E-state index in [9.17, 15) is 26.3 Å². The maximum Gasteiger partial charge on any atom is 0.490 e. The van der Waals surface area contributed by atoms with Crippen molar-refractivity contribution < 1.29 is 50.9 Å². The summed E-state index contributed by atoms with van der Waals surface area (Å²) in [6, 6.07) is 2.83. The van der Waals surface area contributed by atoms with E-state index in [0.29, 0.717) is 30.6 Å². The highest BCUT2D eigenvalue weighted by atomic mass is 35.5. The highest BCUT2D eigenvalue weighted by molar-refractivity contribution is 6.31. The molecule has 1 aromatic heterocycles. The van der Waals surface area contributed by atoms with Crippen molar-refractivity contribution >= 4 is 23.5 Å². The van der Waals surface area contributed by atoms with Crippen molar-refractivity contribution in [1.82, 2.24) is 10.3 Å². The van der Waals surface area contributed by atoms with Crippen LogP contribution >= 0.6 is 11.6 Å². The normalized spacial score (nSPS) is 23.8. The summed E-state index contributed by atoms with van der Waals surface area (Å²) in [5, 5.41) is 18.6. The van der Waals surface area contributed by atoms with E-state index in [2.05, 4.69) is 16.4 Å². The maximum atomic E-state index is 10.6. The monoisotopic (exact) mass is 506 g/mol. The fourth-order valence-electron chi connectivity index (χ4n) is 3.47. The Kier molecular flexibility index (Phi) is 8.94. The second-order valence-corrected chi connectivity index (χ2v) is 8.17. The molecule has 3 N–H and O–H groups in total. The molecule has 0 unspecified atom stereocenters. The average Bonchev–Trinajstić information content (AvgIpc) is 3.33. The first-order chi connectivity index (χ1) is 15.2. The Labute approximate surface area is 189 Å². The summed E-state index contributed by atoms with van der Waals surface area (Å²) in [5.41, 5.74) is 2.30. The number of fused-ring (bicyclic) bond motifs is 2. The largest absolute Gasteiger partial charge is 0.490 e. The average molecular weight is 507 g/mol. The number of carboxylic acids is 2. The molecule has 1 aliphatic heterocycles. The predicted molar refractivity (Wildman–Crippen MR) is 102 cm³/mol. The van der Waals surface area contributed by atoms with E-state index in [1.807, 2.05) is 0 Å². The lowest BCUT2D eigenvalue weighted by molar-refractivity contribution is -0.193. The zero-order valence-electron chi connectivity index (χ0n) is 16.9. The smallest absolute Gasteiger partial charge is 0.475 e. The van der Waals surface area contributed by atoms with Gasteiger partial charge in [-0.15, -0.1) is 0 Å². The SMILES string of the molecule is Clc1cnc(CO[C@H]2C[C@H]3C[C@@H]2CN3)cc1C1CC1.O=C(O)C(F)(F)F.O=C(O)C(F)(F)F. The zero-order valence-corrected chi connectivity index (χ0v) is 17.7. The van der Waals surface area contributed by atoms with E-state index in [-0.39, 0.29) is 0 Å². The molecule has 7 nitrogen and oxygen atoms in total. The Morgan fingerprint density at radius 3 is 2.03 bits per heavy atom. The van der Waals surface area contributed by atoms with Crippen molar-refractivity contribution in [2.24, 2.45) is 5.92 Å². The number of rotatable bonds is 4. The van der Waals surface area contributed by atoms with Crippen molar-refractivity contribution in [1.29, 1.82) is 0 Å². The third-order valence-electron chi connectivity index (χ3n) is 5.19.